The highest BCUT2D eigenvalue weighted by Crippen LogP contribution is 2.17. The van der Waals surface area contributed by atoms with Gasteiger partial charge in [0, 0.05) is 19.6 Å². The molecule has 1 saturated heterocycles. The van der Waals surface area contributed by atoms with Gasteiger partial charge in [0.2, 0.25) is 0 Å². The van der Waals surface area contributed by atoms with Crippen LogP contribution in [0.3, 0.4) is 0 Å². The fraction of sp³-hybridized carbons (Fsp3) is 0.417. The van der Waals surface area contributed by atoms with Crippen molar-refractivity contribution in [3.8, 4) is 0 Å². The Hall–Kier alpha value is -1.55. The van der Waals surface area contributed by atoms with Gasteiger partial charge in [-0.15, -0.1) is 0 Å². The van der Waals surface area contributed by atoms with Gasteiger partial charge in [0.1, 0.15) is 0 Å². The predicted molar refractivity (Wildman–Crippen MR) is 61.5 cm³/mol. The molecule has 1 atom stereocenters. The van der Waals surface area contributed by atoms with Crippen LogP contribution in [-0.4, -0.2) is 35.7 Å². The highest BCUT2D eigenvalue weighted by molar-refractivity contribution is 5.65. The molecule has 86 valence electrons. The zero-order valence-corrected chi connectivity index (χ0v) is 9.31. The summed E-state index contributed by atoms with van der Waals surface area (Å²) in [5, 5.41) is 12.3. The molecule has 1 aromatic carbocycles. The molecule has 4 nitrogen and oxygen atoms in total. The summed E-state index contributed by atoms with van der Waals surface area (Å²) >= 11 is 0. The summed E-state index contributed by atoms with van der Waals surface area (Å²) in [6.45, 7) is 3.85. The van der Waals surface area contributed by atoms with Crippen molar-refractivity contribution >= 4 is 6.09 Å². The first kappa shape index (κ1) is 11.0. The van der Waals surface area contributed by atoms with Gasteiger partial charge in [-0.2, -0.15) is 0 Å². The molecule has 1 aliphatic heterocycles. The van der Waals surface area contributed by atoms with E-state index in [2.05, 4.69) is 29.6 Å². The van der Waals surface area contributed by atoms with Gasteiger partial charge in [0.15, 0.2) is 0 Å². The summed E-state index contributed by atoms with van der Waals surface area (Å²) in [5.41, 5.74) is 2.37. The third-order valence-electron chi connectivity index (χ3n) is 2.93. The lowest BCUT2D eigenvalue weighted by atomic mass is 10.0. The minimum atomic E-state index is -0.835. The second-order valence-electron chi connectivity index (χ2n) is 4.15. The van der Waals surface area contributed by atoms with Crippen LogP contribution < -0.4 is 5.32 Å². The Morgan fingerprint density at radius 1 is 1.44 bits per heavy atom. The van der Waals surface area contributed by atoms with Crippen LogP contribution in [-0.2, 0) is 0 Å². The Bertz CT molecular complexity index is 375. The molecule has 0 saturated carbocycles. The van der Waals surface area contributed by atoms with E-state index < -0.39 is 6.09 Å². The molecule has 4 heteroatoms. The molecule has 0 bridgehead atoms. The summed E-state index contributed by atoms with van der Waals surface area (Å²) in [6, 6.07) is 8.33. The molecule has 1 aliphatic rings. The molecule has 1 heterocycles. The number of carbonyl (C=O) groups is 1. The summed E-state index contributed by atoms with van der Waals surface area (Å²) in [6.07, 6.45) is -0.835. The van der Waals surface area contributed by atoms with E-state index in [0.29, 0.717) is 19.6 Å². The normalized spacial score (nSPS) is 20.8. The van der Waals surface area contributed by atoms with Crippen LogP contribution in [0.25, 0.3) is 0 Å². The van der Waals surface area contributed by atoms with Crippen LogP contribution in [0.15, 0.2) is 24.3 Å². The molecule has 1 unspecified atom stereocenters. The number of nitrogens with one attached hydrogen (secondary N) is 1. The first-order valence-electron chi connectivity index (χ1n) is 5.44. The lowest BCUT2D eigenvalue weighted by Crippen LogP contribution is -2.47. The van der Waals surface area contributed by atoms with Gasteiger partial charge in [-0.25, -0.2) is 4.79 Å². The Balaban J connectivity index is 2.09. The molecule has 16 heavy (non-hydrogen) atoms. The second kappa shape index (κ2) is 4.53. The minimum Gasteiger partial charge on any atom is -0.465 e. The molecule has 1 fully saturated rings. The van der Waals surface area contributed by atoms with Crippen molar-refractivity contribution in [2.75, 3.05) is 19.6 Å². The number of aryl methyl sites for hydroxylation is 1. The molecule has 1 aromatic rings. The summed E-state index contributed by atoms with van der Waals surface area (Å²) in [4.78, 5) is 12.3. The highest BCUT2D eigenvalue weighted by atomic mass is 16.4. The van der Waals surface area contributed by atoms with E-state index in [1.807, 2.05) is 6.92 Å². The average Bonchev–Trinajstić information content (AvgIpc) is 2.30. The van der Waals surface area contributed by atoms with E-state index in [1.54, 1.807) is 0 Å². The van der Waals surface area contributed by atoms with Crippen LogP contribution in [0.2, 0.25) is 0 Å². The molecular weight excluding hydrogens is 204 g/mol. The maximum absolute atomic E-state index is 10.9. The lowest BCUT2D eigenvalue weighted by molar-refractivity contribution is 0.129. The van der Waals surface area contributed by atoms with Crippen molar-refractivity contribution in [2.24, 2.45) is 0 Å². The molecule has 0 aliphatic carbocycles. The van der Waals surface area contributed by atoms with Gasteiger partial charge in [-0.05, 0) is 12.5 Å². The minimum absolute atomic E-state index is 0.116. The number of nitrogens with zero attached hydrogens (tertiary/aromatic N) is 1. The third kappa shape index (κ3) is 2.33. The van der Waals surface area contributed by atoms with Crippen LogP contribution in [0.1, 0.15) is 17.2 Å². The first-order valence-corrected chi connectivity index (χ1v) is 5.44. The van der Waals surface area contributed by atoms with Gasteiger partial charge >= 0.3 is 6.09 Å². The zero-order valence-electron chi connectivity index (χ0n) is 9.31. The summed E-state index contributed by atoms with van der Waals surface area (Å²) in [5.74, 6) is 0. The van der Waals surface area contributed by atoms with E-state index >= 15 is 0 Å². The van der Waals surface area contributed by atoms with Gasteiger partial charge in [-0.3, -0.25) is 0 Å². The largest absolute Gasteiger partial charge is 0.465 e. The van der Waals surface area contributed by atoms with Gasteiger partial charge in [0.05, 0.1) is 6.04 Å². The number of benzene rings is 1. The van der Waals surface area contributed by atoms with E-state index in [0.717, 1.165) is 5.56 Å². The van der Waals surface area contributed by atoms with Crippen molar-refractivity contribution in [1.82, 2.24) is 10.2 Å². The number of hydrogen-bond donors (Lipinski definition) is 2. The van der Waals surface area contributed by atoms with E-state index in [9.17, 15) is 4.79 Å². The Labute approximate surface area is 94.9 Å². The zero-order chi connectivity index (χ0) is 11.5. The topological polar surface area (TPSA) is 52.6 Å². The average molecular weight is 220 g/mol. The van der Waals surface area contributed by atoms with Gasteiger partial charge in [-0.1, -0.05) is 29.8 Å². The number of carboxylic acid groups (broad SMARTS) is 1. The van der Waals surface area contributed by atoms with Crippen molar-refractivity contribution in [3.05, 3.63) is 35.4 Å². The summed E-state index contributed by atoms with van der Waals surface area (Å²) in [7, 11) is 0. The van der Waals surface area contributed by atoms with E-state index in [4.69, 9.17) is 5.11 Å². The smallest absolute Gasteiger partial charge is 0.407 e. The fourth-order valence-electron chi connectivity index (χ4n) is 1.95. The van der Waals surface area contributed by atoms with E-state index in [1.165, 1.54) is 10.5 Å². The van der Waals surface area contributed by atoms with E-state index in [-0.39, 0.29) is 6.04 Å². The lowest BCUT2D eigenvalue weighted by Gasteiger charge is -2.32. The second-order valence-corrected chi connectivity index (χ2v) is 4.15. The third-order valence-corrected chi connectivity index (χ3v) is 2.93. The maximum atomic E-state index is 10.9. The fourth-order valence-corrected chi connectivity index (χ4v) is 1.95. The monoisotopic (exact) mass is 220 g/mol. The Morgan fingerprint density at radius 2 is 2.12 bits per heavy atom. The number of hydrogen-bond acceptors (Lipinski definition) is 2. The standard InChI is InChI=1S/C12H16N2O2/c1-9-2-4-10(5-3-9)11-8-14(12(15)16)7-6-13-11/h2-5,11,13H,6-8H2,1H3,(H,15,16). The van der Waals surface area contributed by atoms with Crippen molar-refractivity contribution < 1.29 is 9.90 Å². The van der Waals surface area contributed by atoms with Crippen LogP contribution in [0.5, 0.6) is 0 Å². The quantitative estimate of drug-likeness (QED) is 0.756. The highest BCUT2D eigenvalue weighted by Gasteiger charge is 2.23. The van der Waals surface area contributed by atoms with Crippen molar-refractivity contribution in [1.29, 1.82) is 0 Å². The van der Waals surface area contributed by atoms with Crippen LogP contribution in [0.4, 0.5) is 4.79 Å². The van der Waals surface area contributed by atoms with Crippen molar-refractivity contribution in [3.63, 3.8) is 0 Å². The molecular formula is C12H16N2O2. The van der Waals surface area contributed by atoms with Crippen molar-refractivity contribution in [2.45, 2.75) is 13.0 Å². The Morgan fingerprint density at radius 3 is 2.75 bits per heavy atom. The SMILES string of the molecule is Cc1ccc(C2CN(C(=O)O)CCN2)cc1. The Kier molecular flexibility index (Phi) is 3.10. The molecule has 1 amide bonds. The number of piperazine rings is 1. The summed E-state index contributed by atoms with van der Waals surface area (Å²) < 4.78 is 0. The van der Waals surface area contributed by atoms with Crippen LogP contribution in [0, 0.1) is 6.92 Å². The first-order chi connectivity index (χ1) is 7.66. The van der Waals surface area contributed by atoms with Gasteiger partial charge in [0.25, 0.3) is 0 Å². The number of rotatable bonds is 1. The van der Waals surface area contributed by atoms with Gasteiger partial charge < -0.3 is 15.3 Å². The molecule has 0 radical (unpaired) electrons. The maximum Gasteiger partial charge on any atom is 0.407 e. The molecule has 2 N–H and O–H groups in total. The number of amides is 1. The predicted octanol–water partition coefficient (Wildman–Crippen LogP) is 1.62. The van der Waals surface area contributed by atoms with Crippen LogP contribution >= 0.6 is 0 Å². The molecule has 2 rings (SSSR count). The molecule has 0 spiro atoms. The molecule has 0 aromatic heterocycles.